The van der Waals surface area contributed by atoms with Gasteiger partial charge in [-0.15, -0.1) is 11.3 Å². The largest absolute Gasteiger partial charge is 0.320 e. The van der Waals surface area contributed by atoms with Crippen LogP contribution in [-0.4, -0.2) is 18.7 Å². The van der Waals surface area contributed by atoms with Crippen molar-refractivity contribution in [2.75, 3.05) is 5.32 Å². The van der Waals surface area contributed by atoms with E-state index < -0.39 is 0 Å². The van der Waals surface area contributed by atoms with Crippen molar-refractivity contribution in [1.82, 2.24) is 4.98 Å². The number of nitrogens with one attached hydrogen (secondary N) is 1. The molecule has 0 bridgehead atoms. The number of aromatic nitrogens is 1. The molecule has 1 N–H and O–H groups in total. The van der Waals surface area contributed by atoms with Gasteiger partial charge < -0.3 is 5.32 Å². The summed E-state index contributed by atoms with van der Waals surface area (Å²) in [5, 5.41) is 3.39. The first-order chi connectivity index (χ1) is 8.49. The molecule has 0 radical (unpaired) electrons. The molecule has 0 aliphatic carbocycles. The molecule has 0 aliphatic heterocycles. The van der Waals surface area contributed by atoms with Gasteiger partial charge in [0, 0.05) is 4.91 Å². The average Bonchev–Trinajstić information content (AvgIpc) is 2.63. The van der Waals surface area contributed by atoms with Crippen molar-refractivity contribution in [2.24, 2.45) is 0 Å². The summed E-state index contributed by atoms with van der Waals surface area (Å²) in [5.41, 5.74) is 2.35. The van der Waals surface area contributed by atoms with Crippen LogP contribution in [0.2, 0.25) is 5.02 Å². The fourth-order valence-corrected chi connectivity index (χ4v) is 2.79. The van der Waals surface area contributed by atoms with Crippen molar-refractivity contribution in [3.63, 3.8) is 0 Å². The Morgan fingerprint density at radius 3 is 2.72 bits per heavy atom. The zero-order valence-corrected chi connectivity index (χ0v) is 11.9. The lowest BCUT2D eigenvalue weighted by atomic mass is 10.2. The Morgan fingerprint density at radius 2 is 2.17 bits per heavy atom. The SMILES string of the molecule is Bc1nc(C)c(C(=O)Nc2c(C)cccc2Cl)s1. The minimum Gasteiger partial charge on any atom is -0.320 e. The summed E-state index contributed by atoms with van der Waals surface area (Å²) in [6.07, 6.45) is 0. The van der Waals surface area contributed by atoms with E-state index in [0.717, 1.165) is 16.2 Å². The smallest absolute Gasteiger partial charge is 0.267 e. The van der Waals surface area contributed by atoms with E-state index in [1.165, 1.54) is 11.3 Å². The Kier molecular flexibility index (Phi) is 3.73. The van der Waals surface area contributed by atoms with Gasteiger partial charge in [0.1, 0.15) is 4.88 Å². The second kappa shape index (κ2) is 5.12. The molecule has 2 rings (SSSR count). The first-order valence-corrected chi connectivity index (χ1v) is 6.69. The highest BCUT2D eigenvalue weighted by atomic mass is 35.5. The first kappa shape index (κ1) is 13.1. The summed E-state index contributed by atoms with van der Waals surface area (Å²) in [6.45, 7) is 3.74. The van der Waals surface area contributed by atoms with E-state index in [1.54, 1.807) is 6.07 Å². The molecule has 2 aromatic rings. The maximum atomic E-state index is 12.2. The van der Waals surface area contributed by atoms with Crippen LogP contribution >= 0.6 is 22.9 Å². The number of benzene rings is 1. The number of nitrogens with zero attached hydrogens (tertiary/aromatic N) is 1. The predicted octanol–water partition coefficient (Wildman–Crippen LogP) is 1.92. The summed E-state index contributed by atoms with van der Waals surface area (Å²) in [7, 11) is 1.88. The zero-order chi connectivity index (χ0) is 13.3. The van der Waals surface area contributed by atoms with Crippen molar-refractivity contribution in [3.05, 3.63) is 39.4 Å². The number of carbonyl (C=O) groups excluding carboxylic acids is 1. The van der Waals surface area contributed by atoms with E-state index in [4.69, 9.17) is 11.6 Å². The Labute approximate surface area is 116 Å². The van der Waals surface area contributed by atoms with Gasteiger partial charge in [0.05, 0.1) is 16.4 Å². The van der Waals surface area contributed by atoms with E-state index in [9.17, 15) is 4.79 Å². The van der Waals surface area contributed by atoms with Gasteiger partial charge >= 0.3 is 0 Å². The number of aryl methyl sites for hydroxylation is 2. The van der Waals surface area contributed by atoms with E-state index in [-0.39, 0.29) is 5.91 Å². The molecule has 0 spiro atoms. The minimum absolute atomic E-state index is 0.158. The van der Waals surface area contributed by atoms with Crippen LogP contribution in [0.4, 0.5) is 5.69 Å². The van der Waals surface area contributed by atoms with Crippen LogP contribution in [0.15, 0.2) is 18.2 Å². The van der Waals surface area contributed by atoms with Gasteiger partial charge in [-0.25, -0.2) is 0 Å². The number of rotatable bonds is 2. The molecule has 3 nitrogen and oxygen atoms in total. The second-order valence-electron chi connectivity index (χ2n) is 4.03. The molecule has 1 aromatic heterocycles. The van der Waals surface area contributed by atoms with Gasteiger partial charge in [-0.1, -0.05) is 23.7 Å². The predicted molar refractivity (Wildman–Crippen MR) is 79.2 cm³/mol. The van der Waals surface area contributed by atoms with Gasteiger partial charge in [-0.05, 0) is 25.5 Å². The second-order valence-corrected chi connectivity index (χ2v) is 5.64. The number of carbonyl (C=O) groups is 1. The maximum Gasteiger partial charge on any atom is 0.267 e. The molecule has 1 amide bonds. The van der Waals surface area contributed by atoms with Gasteiger partial charge in [0.15, 0.2) is 7.85 Å². The topological polar surface area (TPSA) is 42.0 Å². The van der Waals surface area contributed by atoms with Crippen molar-refractivity contribution in [1.29, 1.82) is 0 Å². The van der Waals surface area contributed by atoms with E-state index in [0.29, 0.717) is 15.6 Å². The van der Waals surface area contributed by atoms with E-state index in [1.807, 2.05) is 33.8 Å². The number of hydrogen-bond donors (Lipinski definition) is 1. The zero-order valence-electron chi connectivity index (χ0n) is 10.4. The number of amides is 1. The van der Waals surface area contributed by atoms with E-state index >= 15 is 0 Å². The van der Waals surface area contributed by atoms with Crippen LogP contribution in [0.5, 0.6) is 0 Å². The Bertz CT molecular complexity index is 592. The van der Waals surface area contributed by atoms with Crippen molar-refractivity contribution < 1.29 is 4.79 Å². The number of para-hydroxylation sites is 1. The Balaban J connectivity index is 2.30. The molecule has 0 aliphatic rings. The fraction of sp³-hybridized carbons (Fsp3) is 0.167. The molecular weight excluding hydrogens is 266 g/mol. The van der Waals surface area contributed by atoms with Crippen LogP contribution in [0.25, 0.3) is 0 Å². The minimum atomic E-state index is -0.158. The van der Waals surface area contributed by atoms with E-state index in [2.05, 4.69) is 10.3 Å². The third-order valence-corrected chi connectivity index (χ3v) is 3.96. The van der Waals surface area contributed by atoms with Crippen LogP contribution in [0, 0.1) is 13.8 Å². The average molecular weight is 279 g/mol. The molecule has 0 saturated carbocycles. The lowest BCUT2D eigenvalue weighted by molar-refractivity contribution is 0.102. The van der Waals surface area contributed by atoms with Crippen molar-refractivity contribution in [3.8, 4) is 0 Å². The summed E-state index contributed by atoms with van der Waals surface area (Å²) in [4.78, 5) is 17.9. The first-order valence-electron chi connectivity index (χ1n) is 5.49. The summed E-state index contributed by atoms with van der Waals surface area (Å²) >= 11 is 7.47. The highest BCUT2D eigenvalue weighted by Gasteiger charge is 2.15. The quantitative estimate of drug-likeness (QED) is 0.853. The number of hydrogen-bond acceptors (Lipinski definition) is 3. The number of thiazole rings is 1. The number of anilines is 1. The lowest BCUT2D eigenvalue weighted by Gasteiger charge is -2.09. The number of halogens is 1. The molecule has 1 aromatic carbocycles. The molecule has 0 fully saturated rings. The maximum absolute atomic E-state index is 12.2. The normalized spacial score (nSPS) is 10.4. The van der Waals surface area contributed by atoms with Crippen LogP contribution < -0.4 is 10.2 Å². The van der Waals surface area contributed by atoms with Crippen LogP contribution in [0.3, 0.4) is 0 Å². The summed E-state index contributed by atoms with van der Waals surface area (Å²) < 4.78 is 0. The van der Waals surface area contributed by atoms with Crippen molar-refractivity contribution >= 4 is 47.3 Å². The monoisotopic (exact) mass is 278 g/mol. The highest BCUT2D eigenvalue weighted by Crippen LogP contribution is 2.26. The third-order valence-electron chi connectivity index (χ3n) is 2.57. The summed E-state index contributed by atoms with van der Waals surface area (Å²) in [5.74, 6) is -0.158. The summed E-state index contributed by atoms with van der Waals surface area (Å²) in [6, 6.07) is 5.52. The Morgan fingerprint density at radius 1 is 1.44 bits per heavy atom. The molecule has 0 saturated heterocycles. The van der Waals surface area contributed by atoms with Gasteiger partial charge in [0.25, 0.3) is 5.91 Å². The molecule has 0 unspecified atom stereocenters. The lowest BCUT2D eigenvalue weighted by Crippen LogP contribution is -2.12. The molecule has 92 valence electrons. The highest BCUT2D eigenvalue weighted by molar-refractivity contribution is 7.21. The molecular formula is C12H12BClN2OS. The third kappa shape index (κ3) is 2.57. The molecule has 1 heterocycles. The molecule has 6 heteroatoms. The van der Waals surface area contributed by atoms with Gasteiger partial charge in [-0.3, -0.25) is 9.78 Å². The van der Waals surface area contributed by atoms with Crippen LogP contribution in [-0.2, 0) is 0 Å². The van der Waals surface area contributed by atoms with Crippen LogP contribution in [0.1, 0.15) is 20.9 Å². The van der Waals surface area contributed by atoms with Gasteiger partial charge in [-0.2, -0.15) is 0 Å². The fourth-order valence-electron chi connectivity index (χ4n) is 1.70. The molecule has 18 heavy (non-hydrogen) atoms. The molecule has 0 atom stereocenters. The standard InChI is InChI=1S/C12H12BClN2OS/c1-6-4-3-5-8(14)9(6)16-11(17)10-7(2)15-12(13)18-10/h3-5H,13H2,1-2H3,(H,16,17). The van der Waals surface area contributed by atoms with Gasteiger partial charge in [0.2, 0.25) is 0 Å². The Hall–Kier alpha value is -1.33. The van der Waals surface area contributed by atoms with Crippen molar-refractivity contribution in [2.45, 2.75) is 13.8 Å².